The molecule has 0 atom stereocenters. The van der Waals surface area contributed by atoms with E-state index >= 15 is 0 Å². The fourth-order valence-corrected chi connectivity index (χ4v) is 0.568. The number of carboxylic acid groups (broad SMARTS) is 1. The molecular formula is C7H11NO5. The normalized spacial score (nSPS) is 9.00. The Balaban J connectivity index is 3.37. The molecule has 0 saturated carbocycles. The van der Waals surface area contributed by atoms with E-state index in [0.717, 1.165) is 0 Å². The molecular weight excluding hydrogens is 178 g/mol. The van der Waals surface area contributed by atoms with Crippen molar-refractivity contribution < 1.29 is 24.2 Å². The summed E-state index contributed by atoms with van der Waals surface area (Å²) in [6.45, 7) is 1.17. The lowest BCUT2D eigenvalue weighted by atomic mass is 10.3. The van der Waals surface area contributed by atoms with Gasteiger partial charge in [0.15, 0.2) is 0 Å². The summed E-state index contributed by atoms with van der Waals surface area (Å²) in [6.07, 6.45) is -0.675. The van der Waals surface area contributed by atoms with Gasteiger partial charge in [-0.05, 0) is 6.42 Å². The molecule has 0 aliphatic carbocycles. The number of carbonyl (C=O) groups excluding carboxylic acids is 2. The molecule has 0 spiro atoms. The van der Waals surface area contributed by atoms with Crippen molar-refractivity contribution in [2.24, 2.45) is 0 Å². The molecule has 0 rings (SSSR count). The number of aliphatic carboxylic acids is 1. The van der Waals surface area contributed by atoms with E-state index in [0.29, 0.717) is 0 Å². The number of imide groups is 1. The molecule has 74 valence electrons. The van der Waals surface area contributed by atoms with E-state index in [1.807, 2.05) is 5.32 Å². The Morgan fingerprint density at radius 2 is 2.00 bits per heavy atom. The molecule has 0 fully saturated rings. The van der Waals surface area contributed by atoms with Crippen LogP contribution in [0.3, 0.4) is 0 Å². The highest BCUT2D eigenvalue weighted by atomic mass is 16.5. The van der Waals surface area contributed by atoms with E-state index < -0.39 is 18.0 Å². The third-order valence-corrected chi connectivity index (χ3v) is 1.05. The van der Waals surface area contributed by atoms with Gasteiger partial charge in [-0.2, -0.15) is 0 Å². The van der Waals surface area contributed by atoms with Crippen LogP contribution in [-0.2, 0) is 14.3 Å². The molecule has 2 N–H and O–H groups in total. The number of carbonyl (C=O) groups is 3. The molecule has 0 aromatic rings. The Kier molecular flexibility index (Phi) is 5.25. The predicted molar refractivity (Wildman–Crippen MR) is 42.0 cm³/mol. The summed E-state index contributed by atoms with van der Waals surface area (Å²) in [6, 6.07) is 0. The fourth-order valence-electron chi connectivity index (χ4n) is 0.568. The van der Waals surface area contributed by atoms with Crippen molar-refractivity contribution in [1.82, 2.24) is 5.32 Å². The third-order valence-electron chi connectivity index (χ3n) is 1.05. The first-order valence-corrected chi connectivity index (χ1v) is 3.68. The summed E-state index contributed by atoms with van der Waals surface area (Å²) in [5, 5.41) is 10.1. The van der Waals surface area contributed by atoms with Gasteiger partial charge in [-0.3, -0.25) is 14.9 Å². The molecule has 6 nitrogen and oxygen atoms in total. The number of ether oxygens (including phenoxy) is 1. The van der Waals surface area contributed by atoms with Crippen molar-refractivity contribution in [2.75, 3.05) is 6.61 Å². The van der Waals surface area contributed by atoms with Crippen molar-refractivity contribution in [1.29, 1.82) is 0 Å². The topological polar surface area (TPSA) is 92.7 Å². The van der Waals surface area contributed by atoms with Gasteiger partial charge in [0.2, 0.25) is 5.91 Å². The molecule has 0 aromatic carbocycles. The van der Waals surface area contributed by atoms with Crippen molar-refractivity contribution in [3.05, 3.63) is 0 Å². The molecule has 0 bridgehead atoms. The van der Waals surface area contributed by atoms with Crippen molar-refractivity contribution in [3.8, 4) is 0 Å². The Morgan fingerprint density at radius 3 is 2.46 bits per heavy atom. The number of nitrogens with one attached hydrogen (secondary N) is 1. The monoisotopic (exact) mass is 189 g/mol. The average molecular weight is 189 g/mol. The Hall–Kier alpha value is -1.59. The quantitative estimate of drug-likeness (QED) is 0.613. The molecule has 0 saturated heterocycles. The number of amides is 2. The van der Waals surface area contributed by atoms with Crippen LogP contribution in [0, 0.1) is 0 Å². The van der Waals surface area contributed by atoms with Crippen LogP contribution in [0.4, 0.5) is 4.79 Å². The van der Waals surface area contributed by atoms with Gasteiger partial charge in [-0.1, -0.05) is 0 Å². The second-order valence-corrected chi connectivity index (χ2v) is 2.31. The maximum Gasteiger partial charge on any atom is 0.413 e. The van der Waals surface area contributed by atoms with Crippen LogP contribution in [0.1, 0.15) is 19.8 Å². The second-order valence-electron chi connectivity index (χ2n) is 2.31. The van der Waals surface area contributed by atoms with Gasteiger partial charge in [0.25, 0.3) is 0 Å². The lowest BCUT2D eigenvalue weighted by Gasteiger charge is -2.02. The number of hydrogen-bond acceptors (Lipinski definition) is 4. The minimum absolute atomic E-state index is 0.00852. The minimum Gasteiger partial charge on any atom is -0.481 e. The van der Waals surface area contributed by atoms with E-state index in [2.05, 4.69) is 4.74 Å². The zero-order valence-corrected chi connectivity index (χ0v) is 7.20. The predicted octanol–water partition coefficient (Wildman–Crippen LogP) is 0.124. The molecule has 0 unspecified atom stereocenters. The largest absolute Gasteiger partial charge is 0.481 e. The summed E-state index contributed by atoms with van der Waals surface area (Å²) in [7, 11) is 0. The van der Waals surface area contributed by atoms with Crippen LogP contribution in [0.5, 0.6) is 0 Å². The highest BCUT2D eigenvalue weighted by Gasteiger charge is 2.04. The Morgan fingerprint density at radius 1 is 1.38 bits per heavy atom. The minimum atomic E-state index is -0.949. The first-order chi connectivity index (χ1) is 6.02. The summed E-state index contributed by atoms with van der Waals surface area (Å²) >= 11 is 0. The zero-order valence-electron chi connectivity index (χ0n) is 7.20. The summed E-state index contributed by atoms with van der Waals surface area (Å²) < 4.78 is 4.47. The Labute approximate surface area is 74.9 Å². The lowest BCUT2D eigenvalue weighted by molar-refractivity contribution is -0.137. The van der Waals surface area contributed by atoms with E-state index in [1.165, 1.54) is 6.92 Å². The molecule has 0 aliphatic rings. The summed E-state index contributed by atoms with van der Waals surface area (Å²) in [5.41, 5.74) is 0. The van der Waals surface area contributed by atoms with Crippen LogP contribution in [-0.4, -0.2) is 29.7 Å². The van der Waals surface area contributed by atoms with Crippen LogP contribution in [0.15, 0.2) is 0 Å². The third kappa shape index (κ3) is 8.32. The maximum atomic E-state index is 10.6. The van der Waals surface area contributed by atoms with Gasteiger partial charge in [-0.25, -0.2) is 4.79 Å². The molecule has 6 heteroatoms. The van der Waals surface area contributed by atoms with E-state index in [-0.39, 0.29) is 19.4 Å². The molecule has 0 radical (unpaired) electrons. The highest BCUT2D eigenvalue weighted by molar-refractivity contribution is 5.90. The summed E-state index contributed by atoms with van der Waals surface area (Å²) in [5.74, 6) is -1.46. The fraction of sp³-hybridized carbons (Fsp3) is 0.571. The Bertz CT molecular complexity index is 213. The lowest BCUT2D eigenvalue weighted by Crippen LogP contribution is -2.28. The van der Waals surface area contributed by atoms with E-state index in [9.17, 15) is 14.4 Å². The van der Waals surface area contributed by atoms with Gasteiger partial charge in [0, 0.05) is 13.3 Å². The number of rotatable bonds is 4. The highest BCUT2D eigenvalue weighted by Crippen LogP contribution is 1.90. The van der Waals surface area contributed by atoms with Gasteiger partial charge in [0.05, 0.1) is 6.61 Å². The van der Waals surface area contributed by atoms with Crippen molar-refractivity contribution >= 4 is 18.0 Å². The number of alkyl carbamates (subject to hydrolysis) is 1. The van der Waals surface area contributed by atoms with Crippen molar-refractivity contribution in [2.45, 2.75) is 19.8 Å². The first kappa shape index (κ1) is 11.4. The molecule has 13 heavy (non-hydrogen) atoms. The first-order valence-electron chi connectivity index (χ1n) is 3.68. The van der Waals surface area contributed by atoms with E-state index in [4.69, 9.17) is 5.11 Å². The molecule has 2 amide bonds. The number of hydrogen-bond donors (Lipinski definition) is 2. The average Bonchev–Trinajstić information content (AvgIpc) is 1.96. The van der Waals surface area contributed by atoms with Crippen LogP contribution in [0.25, 0.3) is 0 Å². The second kappa shape index (κ2) is 5.99. The summed E-state index contributed by atoms with van der Waals surface area (Å²) in [4.78, 5) is 30.9. The SMILES string of the molecule is CC(=O)NC(=O)OCCCC(=O)O. The van der Waals surface area contributed by atoms with E-state index in [1.54, 1.807) is 0 Å². The van der Waals surface area contributed by atoms with Gasteiger partial charge in [-0.15, -0.1) is 0 Å². The van der Waals surface area contributed by atoms with Gasteiger partial charge in [0.1, 0.15) is 0 Å². The number of carboxylic acids is 1. The molecule has 0 heterocycles. The standard InChI is InChI=1S/C7H11NO5/c1-5(9)8-7(12)13-4-2-3-6(10)11/h2-4H2,1H3,(H,10,11)(H,8,9,12). The van der Waals surface area contributed by atoms with Crippen LogP contribution >= 0.6 is 0 Å². The van der Waals surface area contributed by atoms with Crippen LogP contribution < -0.4 is 5.32 Å². The van der Waals surface area contributed by atoms with Crippen molar-refractivity contribution in [3.63, 3.8) is 0 Å². The van der Waals surface area contributed by atoms with Gasteiger partial charge >= 0.3 is 12.1 Å². The van der Waals surface area contributed by atoms with Crippen LogP contribution in [0.2, 0.25) is 0 Å². The molecule has 0 aromatic heterocycles. The smallest absolute Gasteiger partial charge is 0.413 e. The van der Waals surface area contributed by atoms with Gasteiger partial charge < -0.3 is 9.84 Å². The zero-order chi connectivity index (χ0) is 10.3. The molecule has 0 aliphatic heterocycles. The maximum absolute atomic E-state index is 10.6.